The largest absolute Gasteiger partial charge is 0.315 e. The van der Waals surface area contributed by atoms with Gasteiger partial charge in [0.2, 0.25) is 10.0 Å². The highest BCUT2D eigenvalue weighted by molar-refractivity contribution is 7.89. The van der Waals surface area contributed by atoms with Gasteiger partial charge in [0.15, 0.2) is 0 Å². The summed E-state index contributed by atoms with van der Waals surface area (Å²) in [5.41, 5.74) is 0.0633. The maximum Gasteiger partial charge on any atom is 0.218 e. The highest BCUT2D eigenvalue weighted by atomic mass is 32.2. The molecule has 106 valence electrons. The van der Waals surface area contributed by atoms with E-state index in [1.165, 1.54) is 6.42 Å². The normalized spacial score (nSPS) is 27.7. The molecule has 1 heterocycles. The third kappa shape index (κ3) is 2.43. The molecule has 0 aromatic heterocycles. The summed E-state index contributed by atoms with van der Waals surface area (Å²) in [6.07, 6.45) is 4.14. The molecule has 0 aromatic rings. The zero-order valence-corrected chi connectivity index (χ0v) is 12.5. The second-order valence-electron chi connectivity index (χ2n) is 5.89. The Balaban J connectivity index is 2.04. The van der Waals surface area contributed by atoms with Crippen LogP contribution in [-0.2, 0) is 10.0 Å². The van der Waals surface area contributed by atoms with Gasteiger partial charge in [0, 0.05) is 25.7 Å². The summed E-state index contributed by atoms with van der Waals surface area (Å²) in [4.78, 5) is 2.19. The maximum absolute atomic E-state index is 12.4. The van der Waals surface area contributed by atoms with Gasteiger partial charge in [-0.25, -0.2) is 12.7 Å². The fourth-order valence-electron chi connectivity index (χ4n) is 2.97. The lowest BCUT2D eigenvalue weighted by Gasteiger charge is -2.49. The Bertz CT molecular complexity index is 384. The topological polar surface area (TPSA) is 52.7 Å². The van der Waals surface area contributed by atoms with Crippen LogP contribution in [0.25, 0.3) is 0 Å². The molecular weight excluding hydrogens is 250 g/mol. The first kappa shape index (κ1) is 14.2. The monoisotopic (exact) mass is 275 g/mol. The molecule has 0 bridgehead atoms. The molecule has 0 amide bonds. The summed E-state index contributed by atoms with van der Waals surface area (Å²) in [5.74, 6) is 0. The molecule has 2 aliphatic rings. The third-order valence-corrected chi connectivity index (χ3v) is 6.86. The van der Waals surface area contributed by atoms with Crippen LogP contribution in [0.2, 0.25) is 0 Å². The number of hydrogen-bond donors (Lipinski definition) is 1. The van der Waals surface area contributed by atoms with Crippen molar-refractivity contribution in [1.29, 1.82) is 0 Å². The Hall–Kier alpha value is -0.170. The van der Waals surface area contributed by atoms with E-state index in [9.17, 15) is 8.42 Å². The standard InChI is InChI=1S/C12H25N3O2S/c1-14(2)12(6-4-7-12)10-15(3)18(16,17)11-5-8-13-9-11/h11,13H,4-10H2,1-3H3. The van der Waals surface area contributed by atoms with Crippen molar-refractivity contribution in [2.24, 2.45) is 0 Å². The van der Waals surface area contributed by atoms with E-state index in [-0.39, 0.29) is 10.8 Å². The minimum Gasteiger partial charge on any atom is -0.315 e. The molecule has 2 rings (SSSR count). The second-order valence-corrected chi connectivity index (χ2v) is 8.21. The SMILES string of the molecule is CN(C)C1(CN(C)S(=O)(=O)C2CCNC2)CCC1. The Labute approximate surface area is 111 Å². The van der Waals surface area contributed by atoms with Gasteiger partial charge in [-0.3, -0.25) is 0 Å². The Kier molecular flexibility index (Phi) is 4.02. The molecule has 6 heteroatoms. The Morgan fingerprint density at radius 2 is 1.94 bits per heavy atom. The van der Waals surface area contributed by atoms with Gasteiger partial charge < -0.3 is 10.2 Å². The summed E-state index contributed by atoms with van der Waals surface area (Å²) in [6, 6.07) is 0. The number of nitrogens with one attached hydrogen (secondary N) is 1. The van der Waals surface area contributed by atoms with Gasteiger partial charge >= 0.3 is 0 Å². The van der Waals surface area contributed by atoms with Crippen molar-refractivity contribution >= 4 is 10.0 Å². The van der Waals surface area contributed by atoms with E-state index in [1.54, 1.807) is 11.4 Å². The van der Waals surface area contributed by atoms with Gasteiger partial charge in [-0.05, 0) is 46.3 Å². The number of sulfonamides is 1. The van der Waals surface area contributed by atoms with Crippen LogP contribution in [0.15, 0.2) is 0 Å². The summed E-state index contributed by atoms with van der Waals surface area (Å²) in [7, 11) is 2.70. The van der Waals surface area contributed by atoms with Crippen molar-refractivity contribution in [3.8, 4) is 0 Å². The molecule has 1 saturated carbocycles. The minimum absolute atomic E-state index is 0.0633. The van der Waals surface area contributed by atoms with Crippen LogP contribution in [0.4, 0.5) is 0 Å². The molecule has 2 fully saturated rings. The molecule has 0 spiro atoms. The Morgan fingerprint density at radius 1 is 1.28 bits per heavy atom. The lowest BCUT2D eigenvalue weighted by atomic mass is 9.75. The van der Waals surface area contributed by atoms with Crippen molar-refractivity contribution in [1.82, 2.24) is 14.5 Å². The first-order chi connectivity index (χ1) is 8.38. The predicted molar refractivity (Wildman–Crippen MR) is 73.1 cm³/mol. The molecule has 5 nitrogen and oxygen atoms in total. The van der Waals surface area contributed by atoms with E-state index in [0.717, 1.165) is 25.8 Å². The van der Waals surface area contributed by atoms with Gasteiger partial charge in [0.05, 0.1) is 5.25 Å². The third-order valence-electron chi connectivity index (χ3n) is 4.62. The van der Waals surface area contributed by atoms with Crippen molar-refractivity contribution in [2.75, 3.05) is 40.8 Å². The lowest BCUT2D eigenvalue weighted by molar-refractivity contribution is 0.0453. The van der Waals surface area contributed by atoms with Crippen molar-refractivity contribution in [3.05, 3.63) is 0 Å². The van der Waals surface area contributed by atoms with Crippen molar-refractivity contribution in [3.63, 3.8) is 0 Å². The van der Waals surface area contributed by atoms with Gasteiger partial charge in [0.25, 0.3) is 0 Å². The number of nitrogens with zero attached hydrogens (tertiary/aromatic N) is 2. The van der Waals surface area contributed by atoms with E-state index in [0.29, 0.717) is 13.1 Å². The van der Waals surface area contributed by atoms with E-state index in [4.69, 9.17) is 0 Å². The molecule has 18 heavy (non-hydrogen) atoms. The fourth-order valence-corrected chi connectivity index (χ4v) is 4.65. The zero-order valence-electron chi connectivity index (χ0n) is 11.6. The van der Waals surface area contributed by atoms with Crippen LogP contribution in [0.1, 0.15) is 25.7 Å². The fraction of sp³-hybridized carbons (Fsp3) is 1.00. The first-order valence-corrected chi connectivity index (χ1v) is 8.22. The average molecular weight is 275 g/mol. The highest BCUT2D eigenvalue weighted by Gasteiger charge is 2.43. The molecule has 1 unspecified atom stereocenters. The minimum atomic E-state index is -3.14. The quantitative estimate of drug-likeness (QED) is 0.773. The second kappa shape index (κ2) is 5.07. The zero-order chi connectivity index (χ0) is 13.4. The molecule has 0 aromatic carbocycles. The number of rotatable bonds is 5. The van der Waals surface area contributed by atoms with Crippen molar-refractivity contribution < 1.29 is 8.42 Å². The van der Waals surface area contributed by atoms with Crippen LogP contribution >= 0.6 is 0 Å². The van der Waals surface area contributed by atoms with Crippen LogP contribution in [0.3, 0.4) is 0 Å². The Morgan fingerprint density at radius 3 is 2.33 bits per heavy atom. The van der Waals surface area contributed by atoms with Crippen LogP contribution < -0.4 is 5.32 Å². The van der Waals surface area contributed by atoms with Crippen molar-refractivity contribution in [2.45, 2.75) is 36.5 Å². The lowest BCUT2D eigenvalue weighted by Crippen LogP contribution is -2.58. The van der Waals surface area contributed by atoms with Crippen LogP contribution in [-0.4, -0.2) is 69.2 Å². The van der Waals surface area contributed by atoms with Gasteiger partial charge in [-0.1, -0.05) is 0 Å². The molecule has 1 saturated heterocycles. The molecule has 1 aliphatic carbocycles. The summed E-state index contributed by atoms with van der Waals surface area (Å²) in [5, 5.41) is 2.90. The van der Waals surface area contributed by atoms with E-state index in [2.05, 4.69) is 24.3 Å². The number of hydrogen-bond acceptors (Lipinski definition) is 4. The predicted octanol–water partition coefficient (Wildman–Crippen LogP) is 0.0942. The smallest absolute Gasteiger partial charge is 0.218 e. The molecule has 0 radical (unpaired) electrons. The van der Waals surface area contributed by atoms with Gasteiger partial charge in [0.1, 0.15) is 0 Å². The average Bonchev–Trinajstić information content (AvgIpc) is 2.75. The van der Waals surface area contributed by atoms with Gasteiger partial charge in [-0.15, -0.1) is 0 Å². The highest BCUT2D eigenvalue weighted by Crippen LogP contribution is 2.37. The van der Waals surface area contributed by atoms with Crippen LogP contribution in [0, 0.1) is 0 Å². The van der Waals surface area contributed by atoms with E-state index in [1.807, 2.05) is 0 Å². The number of likely N-dealkylation sites (N-methyl/N-ethyl adjacent to an activating group) is 2. The summed E-state index contributed by atoms with van der Waals surface area (Å²) in [6.45, 7) is 2.04. The van der Waals surface area contributed by atoms with Crippen LogP contribution in [0.5, 0.6) is 0 Å². The first-order valence-electron chi connectivity index (χ1n) is 6.72. The van der Waals surface area contributed by atoms with E-state index < -0.39 is 10.0 Å². The summed E-state index contributed by atoms with van der Waals surface area (Å²) < 4.78 is 26.5. The maximum atomic E-state index is 12.4. The van der Waals surface area contributed by atoms with Gasteiger partial charge in [-0.2, -0.15) is 0 Å². The van der Waals surface area contributed by atoms with E-state index >= 15 is 0 Å². The molecule has 1 aliphatic heterocycles. The molecule has 1 atom stereocenters. The molecule has 1 N–H and O–H groups in total. The summed E-state index contributed by atoms with van der Waals surface area (Å²) >= 11 is 0. The molecular formula is C12H25N3O2S.